The number of carbonyl (C=O) groups is 2. The molecule has 5 heteroatoms. The summed E-state index contributed by atoms with van der Waals surface area (Å²) >= 11 is 0. The summed E-state index contributed by atoms with van der Waals surface area (Å²) in [6.07, 6.45) is 2.52. The maximum atomic E-state index is 12.4. The van der Waals surface area contributed by atoms with Gasteiger partial charge in [-0.25, -0.2) is 0 Å². The first kappa shape index (κ1) is 16.0. The average molecular weight is 364 g/mol. The van der Waals surface area contributed by atoms with Crippen LogP contribution in [-0.2, 0) is 9.59 Å². The van der Waals surface area contributed by atoms with E-state index in [4.69, 9.17) is 0 Å². The van der Waals surface area contributed by atoms with Crippen LogP contribution in [0, 0.1) is 28.5 Å². The first-order valence-corrected chi connectivity index (χ1v) is 9.69. The maximum Gasteiger partial charge on any atom is 0.190 e. The first-order valence-electron chi connectivity index (χ1n) is 10.7. The van der Waals surface area contributed by atoms with Gasteiger partial charge >= 0.3 is 0 Å². The molecule has 0 saturated heterocycles. The number of allylic oxidation sites excluding steroid dienone is 1. The number of Topliss-reactive ketones (excluding diaryl/α,β-unsaturated/α-hetero) is 1. The van der Waals surface area contributed by atoms with Crippen molar-refractivity contribution >= 4 is 11.6 Å². The number of rotatable bonds is 2. The molecule has 0 bridgehead atoms. The SMILES string of the molecule is [2H][C@@]12C(O)C[C@]3(C)C(CC[C@]3(O)C(=O)CO)[C@@]1([2H])CCC1=CC(=O)CC[C@@]12C. The standard InChI is InChI=1S/C21H30O5/c1-19-7-5-13(23)9-12(19)3-4-14-15-6-8-21(26,17(25)11-22)20(15,2)10-16(24)18(14)19/h9,14-16,18,22,24,26H,3-8,10-11H2,1-2H3/t14-,15?,16?,18+,19+,20-,21+/m1/s1/i14D,18D. The Kier molecular flexibility index (Phi) is 3.52. The molecule has 0 radical (unpaired) electrons. The fourth-order valence-electron chi connectivity index (χ4n) is 6.53. The van der Waals surface area contributed by atoms with Gasteiger partial charge in [0.25, 0.3) is 0 Å². The Balaban J connectivity index is 1.86. The monoisotopic (exact) mass is 364 g/mol. The second-order valence-electron chi connectivity index (χ2n) is 9.08. The summed E-state index contributed by atoms with van der Waals surface area (Å²) in [4.78, 5) is 24.4. The van der Waals surface area contributed by atoms with Crippen LogP contribution in [0.25, 0.3) is 0 Å². The molecule has 3 saturated carbocycles. The molecule has 0 aliphatic heterocycles. The van der Waals surface area contributed by atoms with E-state index in [0.717, 1.165) is 5.57 Å². The molecular formula is C21H30O5. The summed E-state index contributed by atoms with van der Waals surface area (Å²) in [6.45, 7) is 2.85. The van der Waals surface area contributed by atoms with Crippen molar-refractivity contribution in [1.29, 1.82) is 0 Å². The molecular weight excluding hydrogens is 332 g/mol. The molecule has 26 heavy (non-hydrogen) atoms. The maximum absolute atomic E-state index is 12.4. The lowest BCUT2D eigenvalue weighted by Crippen LogP contribution is -2.62. The van der Waals surface area contributed by atoms with Gasteiger partial charge in [0, 0.05) is 14.6 Å². The molecule has 0 aromatic rings. The average Bonchev–Trinajstić information content (AvgIpc) is 2.91. The predicted molar refractivity (Wildman–Crippen MR) is 95.1 cm³/mol. The second kappa shape index (κ2) is 5.73. The van der Waals surface area contributed by atoms with Crippen molar-refractivity contribution < 1.29 is 27.7 Å². The Morgan fingerprint density at radius 3 is 2.73 bits per heavy atom. The van der Waals surface area contributed by atoms with Gasteiger partial charge in [-0.1, -0.05) is 19.4 Å². The van der Waals surface area contributed by atoms with Crippen LogP contribution in [0.4, 0.5) is 0 Å². The van der Waals surface area contributed by atoms with E-state index < -0.39 is 52.6 Å². The van der Waals surface area contributed by atoms with E-state index in [1.807, 2.05) is 6.92 Å². The quantitative estimate of drug-likeness (QED) is 0.694. The number of ketones is 2. The summed E-state index contributed by atoms with van der Waals surface area (Å²) in [7, 11) is 0. The fraction of sp³-hybridized carbons (Fsp3) is 0.810. The van der Waals surface area contributed by atoms with Gasteiger partial charge in [0.05, 0.1) is 6.10 Å². The Morgan fingerprint density at radius 1 is 1.31 bits per heavy atom. The van der Waals surface area contributed by atoms with Crippen LogP contribution < -0.4 is 0 Å². The Morgan fingerprint density at radius 2 is 2.04 bits per heavy atom. The molecule has 3 N–H and O–H groups in total. The Hall–Kier alpha value is -1.04. The van der Waals surface area contributed by atoms with Gasteiger partial charge in [-0.3, -0.25) is 9.59 Å². The van der Waals surface area contributed by atoms with Crippen molar-refractivity contribution in [2.24, 2.45) is 28.5 Å². The lowest BCUT2D eigenvalue weighted by atomic mass is 9.45. The zero-order chi connectivity index (χ0) is 20.8. The third-order valence-electron chi connectivity index (χ3n) is 8.00. The molecule has 4 aliphatic carbocycles. The summed E-state index contributed by atoms with van der Waals surface area (Å²) in [5.41, 5.74) is -2.80. The highest BCUT2D eigenvalue weighted by atomic mass is 16.3. The topological polar surface area (TPSA) is 94.8 Å². The van der Waals surface area contributed by atoms with Gasteiger partial charge in [0.1, 0.15) is 12.2 Å². The smallest absolute Gasteiger partial charge is 0.190 e. The number of fused-ring (bicyclic) bond motifs is 5. The lowest BCUT2D eigenvalue weighted by molar-refractivity contribution is -0.182. The van der Waals surface area contributed by atoms with E-state index in [1.165, 1.54) is 0 Å². The number of aliphatic hydroxyl groups is 3. The molecule has 144 valence electrons. The van der Waals surface area contributed by atoms with E-state index in [9.17, 15) is 27.7 Å². The van der Waals surface area contributed by atoms with Crippen LogP contribution in [0.2, 0.25) is 0 Å². The molecule has 0 aromatic carbocycles. The van der Waals surface area contributed by atoms with Crippen LogP contribution in [0.15, 0.2) is 11.6 Å². The van der Waals surface area contributed by atoms with Gasteiger partial charge in [-0.2, -0.15) is 0 Å². The summed E-state index contributed by atoms with van der Waals surface area (Å²) in [6, 6.07) is 0. The normalized spacial score (nSPS) is 57.3. The minimum absolute atomic E-state index is 0.0286. The van der Waals surface area contributed by atoms with Crippen LogP contribution in [-0.4, -0.2) is 45.2 Å². The molecule has 2 unspecified atom stereocenters. The van der Waals surface area contributed by atoms with E-state index in [0.29, 0.717) is 32.1 Å². The zero-order valence-electron chi connectivity index (χ0n) is 17.5. The summed E-state index contributed by atoms with van der Waals surface area (Å²) in [5, 5.41) is 31.9. The van der Waals surface area contributed by atoms with Crippen LogP contribution in [0.3, 0.4) is 0 Å². The van der Waals surface area contributed by atoms with Crippen LogP contribution in [0.1, 0.15) is 61.5 Å². The van der Waals surface area contributed by atoms with E-state index in [-0.39, 0.29) is 18.6 Å². The number of aliphatic hydroxyl groups excluding tert-OH is 2. The van der Waals surface area contributed by atoms with Crippen LogP contribution >= 0.6 is 0 Å². The van der Waals surface area contributed by atoms with Crippen molar-refractivity contribution in [3.63, 3.8) is 0 Å². The number of hydrogen-bond acceptors (Lipinski definition) is 5. The Labute approximate surface area is 157 Å². The highest BCUT2D eigenvalue weighted by molar-refractivity contribution is 5.91. The molecule has 0 spiro atoms. The molecule has 5 nitrogen and oxygen atoms in total. The van der Waals surface area contributed by atoms with E-state index >= 15 is 0 Å². The molecule has 7 atom stereocenters. The number of hydrogen-bond donors (Lipinski definition) is 3. The third kappa shape index (κ3) is 2.14. The first-order chi connectivity index (χ1) is 12.9. The van der Waals surface area contributed by atoms with Gasteiger partial charge in [-0.15, -0.1) is 0 Å². The van der Waals surface area contributed by atoms with Crippen LogP contribution in [0.5, 0.6) is 0 Å². The second-order valence-corrected chi connectivity index (χ2v) is 9.08. The molecule has 0 heterocycles. The third-order valence-corrected chi connectivity index (χ3v) is 8.00. The highest BCUT2D eigenvalue weighted by Crippen LogP contribution is 2.67. The minimum atomic E-state index is -1.79. The lowest BCUT2D eigenvalue weighted by Gasteiger charge is -2.60. The largest absolute Gasteiger partial charge is 0.393 e. The summed E-state index contributed by atoms with van der Waals surface area (Å²) < 4.78 is 19.0. The van der Waals surface area contributed by atoms with Crippen molar-refractivity contribution in [2.45, 2.75) is 70.5 Å². The minimum Gasteiger partial charge on any atom is -0.393 e. The number of carbonyl (C=O) groups excluding carboxylic acids is 2. The Bertz CT molecular complexity index is 783. The fourth-order valence-corrected chi connectivity index (χ4v) is 6.53. The van der Waals surface area contributed by atoms with Gasteiger partial charge in [0.15, 0.2) is 11.6 Å². The molecule has 4 aliphatic rings. The van der Waals surface area contributed by atoms with Crippen molar-refractivity contribution in [2.75, 3.05) is 6.61 Å². The molecule has 0 amide bonds. The highest BCUT2D eigenvalue weighted by Gasteiger charge is 2.68. The molecule has 3 fully saturated rings. The van der Waals surface area contributed by atoms with E-state index in [2.05, 4.69) is 0 Å². The van der Waals surface area contributed by atoms with Gasteiger partial charge in [-0.05, 0) is 67.7 Å². The zero-order valence-corrected chi connectivity index (χ0v) is 15.5. The van der Waals surface area contributed by atoms with E-state index in [1.54, 1.807) is 13.0 Å². The van der Waals surface area contributed by atoms with Crippen molar-refractivity contribution in [1.82, 2.24) is 0 Å². The molecule has 4 rings (SSSR count). The van der Waals surface area contributed by atoms with Gasteiger partial charge in [0.2, 0.25) is 0 Å². The van der Waals surface area contributed by atoms with Crippen molar-refractivity contribution in [3.05, 3.63) is 11.6 Å². The molecule has 0 aromatic heterocycles. The van der Waals surface area contributed by atoms with Crippen molar-refractivity contribution in [3.8, 4) is 0 Å². The predicted octanol–water partition coefficient (Wildman–Crippen LogP) is 1.78. The summed E-state index contributed by atoms with van der Waals surface area (Å²) in [5.74, 6) is -3.96. The van der Waals surface area contributed by atoms with Gasteiger partial charge < -0.3 is 15.3 Å².